The Hall–Kier alpha value is -1.85. The summed E-state index contributed by atoms with van der Waals surface area (Å²) in [6, 6.07) is 8.18. The number of rotatable bonds is 4. The lowest BCUT2D eigenvalue weighted by atomic mass is 10.1. The second-order valence-electron chi connectivity index (χ2n) is 5.33. The Morgan fingerprint density at radius 2 is 2.05 bits per heavy atom. The van der Waals surface area contributed by atoms with Gasteiger partial charge in [-0.3, -0.25) is 4.68 Å². The first-order valence-electron chi connectivity index (χ1n) is 7.21. The van der Waals surface area contributed by atoms with E-state index < -0.39 is 0 Å². The maximum atomic E-state index is 5.53. The average molecular weight is 287 g/mol. The van der Waals surface area contributed by atoms with Gasteiger partial charge in [-0.2, -0.15) is 5.10 Å². The summed E-state index contributed by atoms with van der Waals surface area (Å²) >= 11 is 0. The first-order chi connectivity index (χ1) is 10.1. The van der Waals surface area contributed by atoms with Crippen molar-refractivity contribution in [2.45, 2.75) is 26.7 Å². The van der Waals surface area contributed by atoms with Crippen LogP contribution >= 0.6 is 0 Å². The number of hydrogen-bond acceptors (Lipinski definition) is 4. The fourth-order valence-corrected chi connectivity index (χ4v) is 2.61. The number of ether oxygens (including phenoxy) is 2. The van der Waals surface area contributed by atoms with Crippen LogP contribution in [0.3, 0.4) is 0 Å². The lowest BCUT2D eigenvalue weighted by Crippen LogP contribution is -2.04. The van der Waals surface area contributed by atoms with Crippen LogP contribution in [-0.4, -0.2) is 23.0 Å². The molecule has 2 aromatic rings. The monoisotopic (exact) mass is 287 g/mol. The Morgan fingerprint density at radius 3 is 2.71 bits per heavy atom. The lowest BCUT2D eigenvalue weighted by molar-refractivity contribution is -0.0440. The van der Waals surface area contributed by atoms with Gasteiger partial charge in [-0.1, -0.05) is 12.1 Å². The molecule has 0 amide bonds. The van der Waals surface area contributed by atoms with E-state index in [2.05, 4.69) is 29.5 Å². The Kier molecular flexibility index (Phi) is 3.94. The molecule has 5 heteroatoms. The molecule has 1 saturated heterocycles. The van der Waals surface area contributed by atoms with Gasteiger partial charge in [0, 0.05) is 36.1 Å². The van der Waals surface area contributed by atoms with Crippen molar-refractivity contribution in [1.82, 2.24) is 9.78 Å². The van der Waals surface area contributed by atoms with Crippen LogP contribution in [0.25, 0.3) is 0 Å². The van der Waals surface area contributed by atoms with Gasteiger partial charge in [-0.25, -0.2) is 0 Å². The molecule has 0 spiro atoms. The van der Waals surface area contributed by atoms with Crippen LogP contribution in [-0.2, 0) is 23.1 Å². The largest absolute Gasteiger partial charge is 0.381 e. The van der Waals surface area contributed by atoms with Gasteiger partial charge in [-0.15, -0.1) is 0 Å². The number of hydrogen-bond donors (Lipinski definition) is 1. The average Bonchev–Trinajstić information content (AvgIpc) is 3.08. The summed E-state index contributed by atoms with van der Waals surface area (Å²) in [4.78, 5) is 0. The molecule has 0 radical (unpaired) electrons. The molecule has 0 aliphatic carbocycles. The predicted molar refractivity (Wildman–Crippen MR) is 81.1 cm³/mol. The molecule has 3 rings (SSSR count). The van der Waals surface area contributed by atoms with Gasteiger partial charge in [0.1, 0.15) is 0 Å². The number of nitrogens with zero attached hydrogens (tertiary/aromatic N) is 2. The van der Waals surface area contributed by atoms with Crippen molar-refractivity contribution in [3.63, 3.8) is 0 Å². The number of aromatic nitrogens is 2. The van der Waals surface area contributed by atoms with E-state index in [9.17, 15) is 0 Å². The van der Waals surface area contributed by atoms with Gasteiger partial charge >= 0.3 is 0 Å². The first kappa shape index (κ1) is 14.1. The molecule has 1 aliphatic rings. The van der Waals surface area contributed by atoms with E-state index >= 15 is 0 Å². The Bertz CT molecular complexity index is 630. The summed E-state index contributed by atoms with van der Waals surface area (Å²) in [7, 11) is 1.97. The van der Waals surface area contributed by atoms with Crippen molar-refractivity contribution in [3.05, 3.63) is 46.8 Å². The fourth-order valence-electron chi connectivity index (χ4n) is 2.61. The van der Waals surface area contributed by atoms with Gasteiger partial charge in [0.15, 0.2) is 6.29 Å². The highest BCUT2D eigenvalue weighted by atomic mass is 16.7. The predicted octanol–water partition coefficient (Wildman–Crippen LogP) is 2.69. The summed E-state index contributed by atoms with van der Waals surface area (Å²) in [5.74, 6) is 0. The van der Waals surface area contributed by atoms with E-state index in [1.807, 2.05) is 30.8 Å². The van der Waals surface area contributed by atoms with Crippen molar-refractivity contribution in [2.24, 2.45) is 7.05 Å². The molecule has 21 heavy (non-hydrogen) atoms. The number of nitrogens with one attached hydrogen (secondary N) is 1. The third kappa shape index (κ3) is 2.94. The van der Waals surface area contributed by atoms with Crippen LogP contribution in [0.2, 0.25) is 0 Å². The minimum absolute atomic E-state index is 0.228. The van der Waals surface area contributed by atoms with E-state index in [1.165, 1.54) is 11.3 Å². The highest BCUT2D eigenvalue weighted by molar-refractivity contribution is 5.47. The molecule has 2 heterocycles. The molecule has 1 aromatic heterocycles. The second-order valence-corrected chi connectivity index (χ2v) is 5.33. The third-order valence-electron chi connectivity index (χ3n) is 3.91. The lowest BCUT2D eigenvalue weighted by Gasteiger charge is -2.12. The highest BCUT2D eigenvalue weighted by Crippen LogP contribution is 2.25. The summed E-state index contributed by atoms with van der Waals surface area (Å²) < 4.78 is 13.0. The quantitative estimate of drug-likeness (QED) is 0.939. The second kappa shape index (κ2) is 5.87. The van der Waals surface area contributed by atoms with E-state index in [-0.39, 0.29) is 6.29 Å². The molecule has 1 fully saturated rings. The van der Waals surface area contributed by atoms with Crippen molar-refractivity contribution in [1.29, 1.82) is 0 Å². The van der Waals surface area contributed by atoms with Crippen LogP contribution in [0.15, 0.2) is 24.3 Å². The van der Waals surface area contributed by atoms with E-state index in [1.54, 1.807) is 0 Å². The fraction of sp³-hybridized carbons (Fsp3) is 0.438. The molecule has 112 valence electrons. The van der Waals surface area contributed by atoms with Crippen molar-refractivity contribution < 1.29 is 9.47 Å². The molecule has 1 N–H and O–H groups in total. The maximum Gasteiger partial charge on any atom is 0.184 e. The smallest absolute Gasteiger partial charge is 0.184 e. The number of benzene rings is 1. The first-order valence-corrected chi connectivity index (χ1v) is 7.21. The molecule has 0 bridgehead atoms. The van der Waals surface area contributed by atoms with E-state index in [0.717, 1.165) is 23.5 Å². The molecule has 0 saturated carbocycles. The summed E-state index contributed by atoms with van der Waals surface area (Å²) in [5.41, 5.74) is 5.63. The highest BCUT2D eigenvalue weighted by Gasteiger charge is 2.18. The minimum atomic E-state index is -0.228. The minimum Gasteiger partial charge on any atom is -0.381 e. The standard InChI is InChI=1S/C16H21N3O2/c1-11-15(12(2)19(3)18-11)10-17-14-6-4-5-13(9-14)16-20-7-8-21-16/h4-6,9,16-17H,7-8,10H2,1-3H3. The maximum absolute atomic E-state index is 5.53. The van der Waals surface area contributed by atoms with E-state index in [4.69, 9.17) is 9.47 Å². The van der Waals surface area contributed by atoms with Crippen molar-refractivity contribution in [2.75, 3.05) is 18.5 Å². The van der Waals surface area contributed by atoms with Crippen LogP contribution in [0.1, 0.15) is 28.8 Å². The van der Waals surface area contributed by atoms with Crippen molar-refractivity contribution >= 4 is 5.69 Å². The molecule has 1 aliphatic heterocycles. The summed E-state index contributed by atoms with van der Waals surface area (Å²) in [5, 5.41) is 7.90. The topological polar surface area (TPSA) is 48.3 Å². The summed E-state index contributed by atoms with van der Waals surface area (Å²) in [6.07, 6.45) is -0.228. The molecule has 5 nitrogen and oxygen atoms in total. The van der Waals surface area contributed by atoms with Gasteiger partial charge in [0.2, 0.25) is 0 Å². The van der Waals surface area contributed by atoms with Crippen LogP contribution in [0.5, 0.6) is 0 Å². The van der Waals surface area contributed by atoms with Crippen LogP contribution in [0, 0.1) is 13.8 Å². The Morgan fingerprint density at radius 1 is 1.29 bits per heavy atom. The van der Waals surface area contributed by atoms with Crippen LogP contribution < -0.4 is 5.32 Å². The van der Waals surface area contributed by atoms with Gasteiger partial charge < -0.3 is 14.8 Å². The molecule has 1 aromatic carbocycles. The zero-order valence-electron chi connectivity index (χ0n) is 12.7. The Labute approximate surface area is 124 Å². The summed E-state index contributed by atoms with van der Waals surface area (Å²) in [6.45, 7) is 6.22. The van der Waals surface area contributed by atoms with Gasteiger partial charge in [-0.05, 0) is 26.0 Å². The number of anilines is 1. The molecular formula is C16H21N3O2. The Balaban J connectivity index is 1.71. The van der Waals surface area contributed by atoms with Gasteiger partial charge in [0.25, 0.3) is 0 Å². The molecular weight excluding hydrogens is 266 g/mol. The zero-order chi connectivity index (χ0) is 14.8. The SMILES string of the molecule is Cc1nn(C)c(C)c1CNc1cccc(C2OCCO2)c1. The normalized spacial score (nSPS) is 15.6. The third-order valence-corrected chi connectivity index (χ3v) is 3.91. The van der Waals surface area contributed by atoms with E-state index in [0.29, 0.717) is 13.2 Å². The van der Waals surface area contributed by atoms with Gasteiger partial charge in [0.05, 0.1) is 18.9 Å². The molecule has 0 atom stereocenters. The number of aryl methyl sites for hydroxylation is 2. The zero-order valence-corrected chi connectivity index (χ0v) is 12.7. The molecule has 0 unspecified atom stereocenters. The van der Waals surface area contributed by atoms with Crippen molar-refractivity contribution in [3.8, 4) is 0 Å². The van der Waals surface area contributed by atoms with Crippen LogP contribution in [0.4, 0.5) is 5.69 Å².